The minimum absolute atomic E-state index is 0.126. The summed E-state index contributed by atoms with van der Waals surface area (Å²) in [7, 11) is 3.38. The molecule has 102 valence electrons. The summed E-state index contributed by atoms with van der Waals surface area (Å²) >= 11 is 1.70. The highest BCUT2D eigenvalue weighted by Gasteiger charge is 2.18. The van der Waals surface area contributed by atoms with Gasteiger partial charge in [-0.15, -0.1) is 0 Å². The average Bonchev–Trinajstić information content (AvgIpc) is 2.98. The second-order valence-corrected chi connectivity index (χ2v) is 4.94. The topological polar surface area (TPSA) is 30.5 Å². The van der Waals surface area contributed by atoms with Gasteiger partial charge in [-0.3, -0.25) is 0 Å². The molecule has 1 atom stereocenters. The Hall–Kier alpha value is -1.52. The van der Waals surface area contributed by atoms with Crippen molar-refractivity contribution in [2.45, 2.75) is 13.0 Å². The summed E-state index contributed by atoms with van der Waals surface area (Å²) in [5, 5.41) is 7.75. The van der Waals surface area contributed by atoms with E-state index in [2.05, 4.69) is 29.1 Å². The summed E-state index contributed by atoms with van der Waals surface area (Å²) in [5.74, 6) is 1.71. The van der Waals surface area contributed by atoms with Gasteiger partial charge in [-0.1, -0.05) is 6.92 Å². The molecule has 2 aromatic rings. The minimum atomic E-state index is 0.126. The van der Waals surface area contributed by atoms with E-state index in [1.165, 1.54) is 5.56 Å². The first-order valence-corrected chi connectivity index (χ1v) is 7.21. The Kier molecular flexibility index (Phi) is 4.82. The van der Waals surface area contributed by atoms with Crippen molar-refractivity contribution in [2.75, 3.05) is 20.8 Å². The van der Waals surface area contributed by atoms with Crippen LogP contribution in [0.2, 0.25) is 0 Å². The van der Waals surface area contributed by atoms with Crippen molar-refractivity contribution in [1.29, 1.82) is 0 Å². The van der Waals surface area contributed by atoms with Gasteiger partial charge < -0.3 is 14.8 Å². The van der Waals surface area contributed by atoms with Crippen LogP contribution in [0.15, 0.2) is 35.0 Å². The third-order valence-corrected chi connectivity index (χ3v) is 3.73. The van der Waals surface area contributed by atoms with Crippen LogP contribution in [0.1, 0.15) is 24.1 Å². The summed E-state index contributed by atoms with van der Waals surface area (Å²) in [6, 6.07) is 8.16. The number of methoxy groups -OCH3 is 2. The monoisotopic (exact) mass is 277 g/mol. The molecule has 0 aliphatic heterocycles. The van der Waals surface area contributed by atoms with Crippen molar-refractivity contribution >= 4 is 11.3 Å². The van der Waals surface area contributed by atoms with Gasteiger partial charge in [-0.2, -0.15) is 11.3 Å². The molecule has 0 saturated carbocycles. The number of benzene rings is 1. The highest BCUT2D eigenvalue weighted by Crippen LogP contribution is 2.33. The van der Waals surface area contributed by atoms with Crippen molar-refractivity contribution in [1.82, 2.24) is 5.32 Å². The SMILES string of the molecule is CCNC(c1ccsc1)c1cc(OC)ccc1OC. The average molecular weight is 277 g/mol. The molecule has 4 heteroatoms. The Morgan fingerprint density at radius 3 is 2.63 bits per heavy atom. The summed E-state index contributed by atoms with van der Waals surface area (Å²) in [5.41, 5.74) is 2.35. The van der Waals surface area contributed by atoms with E-state index in [9.17, 15) is 0 Å². The Bertz CT molecular complexity index is 511. The summed E-state index contributed by atoms with van der Waals surface area (Å²) in [6.45, 7) is 2.99. The zero-order valence-electron chi connectivity index (χ0n) is 11.5. The molecule has 19 heavy (non-hydrogen) atoms. The van der Waals surface area contributed by atoms with Crippen molar-refractivity contribution in [3.05, 3.63) is 46.2 Å². The van der Waals surface area contributed by atoms with E-state index in [0.717, 1.165) is 23.6 Å². The molecule has 3 nitrogen and oxygen atoms in total. The molecule has 0 aliphatic rings. The van der Waals surface area contributed by atoms with Crippen LogP contribution in [0.5, 0.6) is 11.5 Å². The molecule has 0 bridgehead atoms. The van der Waals surface area contributed by atoms with E-state index in [0.29, 0.717) is 0 Å². The predicted molar refractivity (Wildman–Crippen MR) is 79.4 cm³/mol. The van der Waals surface area contributed by atoms with Gasteiger partial charge in [0, 0.05) is 5.56 Å². The number of rotatable bonds is 6. The first-order chi connectivity index (χ1) is 9.30. The van der Waals surface area contributed by atoms with Crippen LogP contribution in [-0.4, -0.2) is 20.8 Å². The van der Waals surface area contributed by atoms with Gasteiger partial charge in [-0.25, -0.2) is 0 Å². The number of nitrogens with one attached hydrogen (secondary N) is 1. The number of hydrogen-bond donors (Lipinski definition) is 1. The molecule has 0 aliphatic carbocycles. The van der Waals surface area contributed by atoms with Gasteiger partial charge in [0.1, 0.15) is 11.5 Å². The summed E-state index contributed by atoms with van der Waals surface area (Å²) < 4.78 is 10.8. The Labute approximate surface area is 118 Å². The standard InChI is InChI=1S/C15H19NO2S/c1-4-16-15(11-7-8-19-10-11)13-9-12(17-2)5-6-14(13)18-3/h5-10,15-16H,4H2,1-3H3. The lowest BCUT2D eigenvalue weighted by atomic mass is 10.00. The lowest BCUT2D eigenvalue weighted by molar-refractivity contribution is 0.394. The fourth-order valence-corrected chi connectivity index (χ4v) is 2.80. The van der Waals surface area contributed by atoms with Crippen LogP contribution in [-0.2, 0) is 0 Å². The molecule has 1 aromatic carbocycles. The predicted octanol–water partition coefficient (Wildman–Crippen LogP) is 3.46. The van der Waals surface area contributed by atoms with Crippen LogP contribution in [0.4, 0.5) is 0 Å². The van der Waals surface area contributed by atoms with Crippen LogP contribution < -0.4 is 14.8 Å². The first kappa shape index (κ1) is 13.9. The molecule has 0 amide bonds. The third kappa shape index (κ3) is 3.08. The summed E-state index contributed by atoms with van der Waals surface area (Å²) in [4.78, 5) is 0. The lowest BCUT2D eigenvalue weighted by Gasteiger charge is -2.20. The van der Waals surface area contributed by atoms with Crippen molar-refractivity contribution in [3.63, 3.8) is 0 Å². The van der Waals surface area contributed by atoms with Crippen LogP contribution in [0.3, 0.4) is 0 Å². The van der Waals surface area contributed by atoms with Crippen molar-refractivity contribution in [2.24, 2.45) is 0 Å². The number of ether oxygens (including phenoxy) is 2. The fraction of sp³-hybridized carbons (Fsp3) is 0.333. The zero-order valence-corrected chi connectivity index (χ0v) is 12.3. The quantitative estimate of drug-likeness (QED) is 0.877. The molecule has 0 radical (unpaired) electrons. The second kappa shape index (κ2) is 6.59. The summed E-state index contributed by atoms with van der Waals surface area (Å²) in [6.07, 6.45) is 0. The van der Waals surface area contributed by atoms with Gasteiger partial charge in [0.25, 0.3) is 0 Å². The Morgan fingerprint density at radius 1 is 1.21 bits per heavy atom. The molecule has 1 aromatic heterocycles. The highest BCUT2D eigenvalue weighted by molar-refractivity contribution is 7.08. The molecular weight excluding hydrogens is 258 g/mol. The molecule has 1 heterocycles. The van der Waals surface area contributed by atoms with Crippen molar-refractivity contribution < 1.29 is 9.47 Å². The maximum absolute atomic E-state index is 5.48. The van der Waals surface area contributed by atoms with E-state index >= 15 is 0 Å². The Balaban J connectivity index is 2.45. The number of thiophene rings is 1. The maximum Gasteiger partial charge on any atom is 0.124 e. The van der Waals surface area contributed by atoms with Gasteiger partial charge in [0.2, 0.25) is 0 Å². The van der Waals surface area contributed by atoms with E-state index in [-0.39, 0.29) is 6.04 Å². The van der Waals surface area contributed by atoms with E-state index < -0.39 is 0 Å². The van der Waals surface area contributed by atoms with Gasteiger partial charge in [0.15, 0.2) is 0 Å². The molecule has 2 rings (SSSR count). The van der Waals surface area contributed by atoms with Gasteiger partial charge in [0.05, 0.1) is 20.3 Å². The van der Waals surface area contributed by atoms with Gasteiger partial charge >= 0.3 is 0 Å². The second-order valence-electron chi connectivity index (χ2n) is 4.16. The Morgan fingerprint density at radius 2 is 2.05 bits per heavy atom. The third-order valence-electron chi connectivity index (χ3n) is 3.03. The van der Waals surface area contributed by atoms with E-state index in [4.69, 9.17) is 9.47 Å². The zero-order chi connectivity index (χ0) is 13.7. The van der Waals surface area contributed by atoms with Crippen LogP contribution in [0.25, 0.3) is 0 Å². The van der Waals surface area contributed by atoms with Crippen molar-refractivity contribution in [3.8, 4) is 11.5 Å². The molecule has 0 spiro atoms. The minimum Gasteiger partial charge on any atom is -0.497 e. The van der Waals surface area contributed by atoms with Gasteiger partial charge in [-0.05, 0) is 47.1 Å². The smallest absolute Gasteiger partial charge is 0.124 e. The first-order valence-electron chi connectivity index (χ1n) is 6.27. The van der Waals surface area contributed by atoms with Crippen LogP contribution in [0, 0.1) is 0 Å². The molecular formula is C15H19NO2S. The fourth-order valence-electron chi connectivity index (χ4n) is 2.12. The number of hydrogen-bond acceptors (Lipinski definition) is 4. The van der Waals surface area contributed by atoms with E-state index in [1.807, 2.05) is 18.2 Å². The molecule has 1 N–H and O–H groups in total. The molecule has 0 saturated heterocycles. The lowest BCUT2D eigenvalue weighted by Crippen LogP contribution is -2.22. The largest absolute Gasteiger partial charge is 0.497 e. The van der Waals surface area contributed by atoms with E-state index in [1.54, 1.807) is 25.6 Å². The maximum atomic E-state index is 5.48. The highest BCUT2D eigenvalue weighted by atomic mass is 32.1. The molecule has 0 fully saturated rings. The normalized spacial score (nSPS) is 12.2. The molecule has 1 unspecified atom stereocenters. The van der Waals surface area contributed by atoms with Crippen LogP contribution >= 0.6 is 11.3 Å².